The lowest BCUT2D eigenvalue weighted by molar-refractivity contribution is 0.0906. The zero-order chi connectivity index (χ0) is 11.4. The van der Waals surface area contributed by atoms with E-state index < -0.39 is 0 Å². The van der Waals surface area contributed by atoms with Crippen LogP contribution in [0.25, 0.3) is 0 Å². The van der Waals surface area contributed by atoms with Crippen molar-refractivity contribution in [2.75, 3.05) is 13.6 Å². The summed E-state index contributed by atoms with van der Waals surface area (Å²) in [6.07, 6.45) is 4.36. The monoisotopic (exact) mass is 217 g/mol. The molecule has 2 rings (SSSR count). The van der Waals surface area contributed by atoms with Gasteiger partial charge in [0.2, 0.25) is 0 Å². The van der Waals surface area contributed by atoms with Gasteiger partial charge in [0, 0.05) is 18.0 Å². The third-order valence-corrected chi connectivity index (χ3v) is 3.44. The molecule has 2 heteroatoms. The first kappa shape index (κ1) is 11.3. The fourth-order valence-electron chi connectivity index (χ4n) is 2.36. The van der Waals surface area contributed by atoms with Gasteiger partial charge < -0.3 is 4.90 Å². The van der Waals surface area contributed by atoms with Gasteiger partial charge >= 0.3 is 0 Å². The number of hydrogen-bond acceptors (Lipinski definition) is 2. The van der Waals surface area contributed by atoms with Crippen LogP contribution >= 0.6 is 0 Å². The average Bonchev–Trinajstić information content (AvgIpc) is 2.33. The molecule has 0 spiro atoms. The maximum atomic E-state index is 12.0. The predicted octanol–water partition coefficient (Wildman–Crippen LogP) is 2.74. The van der Waals surface area contributed by atoms with E-state index in [0.29, 0.717) is 12.5 Å². The summed E-state index contributed by atoms with van der Waals surface area (Å²) in [6.45, 7) is 1.13. The molecule has 0 saturated carbocycles. The number of likely N-dealkylation sites (tertiary alicyclic amines) is 1. The SMILES string of the molecule is CN1CCCC[C@H]1CC(=O)c1ccccc1. The Bertz CT molecular complexity index is 347. The van der Waals surface area contributed by atoms with Crippen LogP contribution in [0.1, 0.15) is 36.0 Å². The summed E-state index contributed by atoms with van der Waals surface area (Å²) >= 11 is 0. The van der Waals surface area contributed by atoms with Crippen LogP contribution in [0.4, 0.5) is 0 Å². The minimum atomic E-state index is 0.277. The van der Waals surface area contributed by atoms with E-state index in [0.717, 1.165) is 18.5 Å². The van der Waals surface area contributed by atoms with Crippen molar-refractivity contribution in [1.82, 2.24) is 4.90 Å². The summed E-state index contributed by atoms with van der Waals surface area (Å²) in [4.78, 5) is 14.4. The van der Waals surface area contributed by atoms with Crippen molar-refractivity contribution in [3.05, 3.63) is 35.9 Å². The molecule has 1 saturated heterocycles. The van der Waals surface area contributed by atoms with Gasteiger partial charge in [0.15, 0.2) is 5.78 Å². The topological polar surface area (TPSA) is 20.3 Å². The number of piperidine rings is 1. The summed E-state index contributed by atoms with van der Waals surface area (Å²) in [6, 6.07) is 10.1. The first-order chi connectivity index (χ1) is 7.77. The summed E-state index contributed by atoms with van der Waals surface area (Å²) in [5.74, 6) is 0.277. The van der Waals surface area contributed by atoms with E-state index >= 15 is 0 Å². The first-order valence-corrected chi connectivity index (χ1v) is 6.06. The van der Waals surface area contributed by atoms with Gasteiger partial charge in [-0.1, -0.05) is 36.8 Å². The molecular weight excluding hydrogens is 198 g/mol. The minimum Gasteiger partial charge on any atom is -0.303 e. The molecule has 0 amide bonds. The molecule has 0 bridgehead atoms. The summed E-state index contributed by atoms with van der Waals surface area (Å²) < 4.78 is 0. The van der Waals surface area contributed by atoms with Crippen LogP contribution in [0.5, 0.6) is 0 Å². The molecule has 1 atom stereocenters. The number of ketones is 1. The van der Waals surface area contributed by atoms with Gasteiger partial charge in [0.25, 0.3) is 0 Å². The van der Waals surface area contributed by atoms with Crippen molar-refractivity contribution in [1.29, 1.82) is 0 Å². The molecule has 1 aliphatic heterocycles. The molecule has 1 aromatic rings. The van der Waals surface area contributed by atoms with E-state index in [1.807, 2.05) is 30.3 Å². The zero-order valence-electron chi connectivity index (χ0n) is 9.86. The molecule has 1 aromatic carbocycles. The third kappa shape index (κ3) is 2.70. The van der Waals surface area contributed by atoms with Crippen LogP contribution in [0, 0.1) is 0 Å². The highest BCUT2D eigenvalue weighted by Crippen LogP contribution is 2.19. The molecular formula is C14H19NO. The van der Waals surface area contributed by atoms with E-state index in [1.165, 1.54) is 12.8 Å². The van der Waals surface area contributed by atoms with Crippen molar-refractivity contribution in [3.63, 3.8) is 0 Å². The number of hydrogen-bond donors (Lipinski definition) is 0. The van der Waals surface area contributed by atoms with Gasteiger partial charge in [-0.15, -0.1) is 0 Å². The number of carbonyl (C=O) groups is 1. The maximum Gasteiger partial charge on any atom is 0.164 e. The van der Waals surface area contributed by atoms with Crippen molar-refractivity contribution in [2.24, 2.45) is 0 Å². The van der Waals surface area contributed by atoms with Crippen molar-refractivity contribution in [3.8, 4) is 0 Å². The number of nitrogens with zero attached hydrogens (tertiary/aromatic N) is 1. The van der Waals surface area contributed by atoms with Gasteiger partial charge in [-0.2, -0.15) is 0 Å². The molecule has 2 nitrogen and oxygen atoms in total. The standard InChI is InChI=1S/C14H19NO/c1-15-10-6-5-9-13(15)11-14(16)12-7-3-2-4-8-12/h2-4,7-8,13H,5-6,9-11H2,1H3/t13-/m0/s1. The minimum absolute atomic E-state index is 0.277. The fraction of sp³-hybridized carbons (Fsp3) is 0.500. The highest BCUT2D eigenvalue weighted by Gasteiger charge is 2.21. The fourth-order valence-corrected chi connectivity index (χ4v) is 2.36. The Hall–Kier alpha value is -1.15. The predicted molar refractivity (Wildman–Crippen MR) is 65.7 cm³/mol. The summed E-state index contributed by atoms with van der Waals surface area (Å²) in [5, 5.41) is 0. The Morgan fingerprint density at radius 1 is 1.31 bits per heavy atom. The second kappa shape index (κ2) is 5.26. The van der Waals surface area contributed by atoms with Crippen LogP contribution in [-0.2, 0) is 0 Å². The Kier molecular flexibility index (Phi) is 3.73. The second-order valence-electron chi connectivity index (χ2n) is 4.62. The average molecular weight is 217 g/mol. The van der Waals surface area contributed by atoms with Gasteiger partial charge in [-0.05, 0) is 26.4 Å². The van der Waals surface area contributed by atoms with Crippen molar-refractivity contribution < 1.29 is 4.79 Å². The van der Waals surface area contributed by atoms with Gasteiger partial charge in [0.05, 0.1) is 0 Å². The summed E-state index contributed by atoms with van der Waals surface area (Å²) in [5.41, 5.74) is 0.849. The van der Waals surface area contributed by atoms with Gasteiger partial charge in [-0.3, -0.25) is 4.79 Å². The Labute approximate surface area is 97.3 Å². The molecule has 1 aliphatic rings. The maximum absolute atomic E-state index is 12.0. The normalized spacial score (nSPS) is 21.9. The van der Waals surface area contributed by atoms with E-state index in [2.05, 4.69) is 11.9 Å². The number of Topliss-reactive ketones (excluding diaryl/α,β-unsaturated/α-hetero) is 1. The Morgan fingerprint density at radius 2 is 2.06 bits per heavy atom. The Balaban J connectivity index is 1.96. The Morgan fingerprint density at radius 3 is 2.75 bits per heavy atom. The van der Waals surface area contributed by atoms with Crippen LogP contribution < -0.4 is 0 Å². The molecule has 0 unspecified atom stereocenters. The molecule has 1 fully saturated rings. The van der Waals surface area contributed by atoms with Crippen molar-refractivity contribution >= 4 is 5.78 Å². The van der Waals surface area contributed by atoms with E-state index in [9.17, 15) is 4.79 Å². The lowest BCUT2D eigenvalue weighted by Crippen LogP contribution is -2.37. The summed E-state index contributed by atoms with van der Waals surface area (Å²) in [7, 11) is 2.13. The molecule has 0 aromatic heterocycles. The molecule has 86 valence electrons. The smallest absolute Gasteiger partial charge is 0.164 e. The molecule has 16 heavy (non-hydrogen) atoms. The van der Waals surface area contributed by atoms with E-state index in [1.54, 1.807) is 0 Å². The highest BCUT2D eigenvalue weighted by atomic mass is 16.1. The van der Waals surface area contributed by atoms with Crippen LogP contribution in [0.2, 0.25) is 0 Å². The van der Waals surface area contributed by atoms with Gasteiger partial charge in [0.1, 0.15) is 0 Å². The van der Waals surface area contributed by atoms with Crippen LogP contribution in [-0.4, -0.2) is 30.3 Å². The largest absolute Gasteiger partial charge is 0.303 e. The van der Waals surface area contributed by atoms with E-state index in [-0.39, 0.29) is 5.78 Å². The van der Waals surface area contributed by atoms with Gasteiger partial charge in [-0.25, -0.2) is 0 Å². The zero-order valence-corrected chi connectivity index (χ0v) is 9.86. The number of carbonyl (C=O) groups excluding carboxylic acids is 1. The van der Waals surface area contributed by atoms with Crippen LogP contribution in [0.3, 0.4) is 0 Å². The quantitative estimate of drug-likeness (QED) is 0.726. The highest BCUT2D eigenvalue weighted by molar-refractivity contribution is 5.96. The number of benzene rings is 1. The third-order valence-electron chi connectivity index (χ3n) is 3.44. The second-order valence-corrected chi connectivity index (χ2v) is 4.62. The van der Waals surface area contributed by atoms with Crippen molar-refractivity contribution in [2.45, 2.75) is 31.7 Å². The number of rotatable bonds is 3. The molecule has 1 heterocycles. The molecule has 0 aliphatic carbocycles. The lowest BCUT2D eigenvalue weighted by atomic mass is 9.96. The first-order valence-electron chi connectivity index (χ1n) is 6.06. The van der Waals surface area contributed by atoms with Crippen LogP contribution in [0.15, 0.2) is 30.3 Å². The molecule has 0 N–H and O–H groups in total. The van der Waals surface area contributed by atoms with E-state index in [4.69, 9.17) is 0 Å². The lowest BCUT2D eigenvalue weighted by Gasteiger charge is -2.31. The molecule has 0 radical (unpaired) electrons.